The van der Waals surface area contributed by atoms with Crippen LogP contribution in [0.1, 0.15) is 54.8 Å². The number of carbonyl (C=O) groups excluding carboxylic acids is 2. The molecule has 0 spiro atoms. The number of methoxy groups -OCH3 is 1. The number of aryl methyl sites for hydroxylation is 2. The third kappa shape index (κ3) is 7.72. The molecule has 0 heterocycles. The Kier molecular flexibility index (Phi) is 10.6. The molecule has 0 saturated heterocycles. The molecule has 5 nitrogen and oxygen atoms in total. The molecule has 1 amide bonds. The molecule has 0 aromatic heterocycles. The number of nitrogens with one attached hydrogen (secondary N) is 1. The average Bonchev–Trinajstić information content (AvgIpc) is 2.81. The molecule has 0 radical (unpaired) electrons. The van der Waals surface area contributed by atoms with Crippen molar-refractivity contribution in [2.24, 2.45) is 0 Å². The summed E-state index contributed by atoms with van der Waals surface area (Å²) in [5.41, 5.74) is 5.42. The molecule has 0 bridgehead atoms. The van der Waals surface area contributed by atoms with Crippen molar-refractivity contribution in [3.63, 3.8) is 0 Å². The lowest BCUT2D eigenvalue weighted by atomic mass is 9.90. The minimum atomic E-state index is -1.22. The number of allylic oxidation sites excluding steroid dienone is 1. The number of hydrogen-bond donors (Lipinski definition) is 2. The van der Waals surface area contributed by atoms with Crippen molar-refractivity contribution < 1.29 is 19.4 Å². The molecular formula is C28H35NO4. The van der Waals surface area contributed by atoms with Gasteiger partial charge in [-0.15, -0.1) is 13.2 Å². The highest BCUT2D eigenvalue weighted by atomic mass is 16.5. The number of unbranched alkanes of at least 4 members (excludes halogenated alkanes) is 2. The maximum Gasteiger partial charge on any atom is 0.307 e. The SMILES string of the molecule is C=CCCCCc1cccc(C)c1-c1cccc([C@H](CC(=O)OC)NC(=O)[C@H](O)CC=C)c1. The second-order valence-electron chi connectivity index (χ2n) is 8.15. The van der Waals surface area contributed by atoms with Crippen molar-refractivity contribution in [3.8, 4) is 11.1 Å². The lowest BCUT2D eigenvalue weighted by Crippen LogP contribution is -2.37. The zero-order chi connectivity index (χ0) is 24.2. The van der Waals surface area contributed by atoms with Gasteiger partial charge in [-0.2, -0.15) is 0 Å². The molecule has 2 atom stereocenters. The van der Waals surface area contributed by atoms with Gasteiger partial charge >= 0.3 is 5.97 Å². The van der Waals surface area contributed by atoms with Crippen LogP contribution in [-0.2, 0) is 20.7 Å². The van der Waals surface area contributed by atoms with Crippen molar-refractivity contribution in [2.45, 2.75) is 57.6 Å². The molecule has 0 saturated carbocycles. The predicted molar refractivity (Wildman–Crippen MR) is 133 cm³/mol. The van der Waals surface area contributed by atoms with Gasteiger partial charge in [-0.05, 0) is 66.5 Å². The Hall–Kier alpha value is -3.18. The zero-order valence-electron chi connectivity index (χ0n) is 19.7. The summed E-state index contributed by atoms with van der Waals surface area (Å²) in [7, 11) is 1.32. The molecule has 2 N–H and O–H groups in total. The summed E-state index contributed by atoms with van der Waals surface area (Å²) in [6.45, 7) is 9.44. The minimum Gasteiger partial charge on any atom is -0.469 e. The summed E-state index contributed by atoms with van der Waals surface area (Å²) in [6.07, 6.45) is 6.45. The highest BCUT2D eigenvalue weighted by Crippen LogP contribution is 2.31. The van der Waals surface area contributed by atoms with Gasteiger partial charge in [0.25, 0.3) is 0 Å². The number of rotatable bonds is 13. The van der Waals surface area contributed by atoms with Gasteiger partial charge in [-0.1, -0.05) is 48.6 Å². The largest absolute Gasteiger partial charge is 0.469 e. The Morgan fingerprint density at radius 1 is 1.12 bits per heavy atom. The van der Waals surface area contributed by atoms with E-state index in [2.05, 4.69) is 43.6 Å². The second kappa shape index (κ2) is 13.4. The van der Waals surface area contributed by atoms with Gasteiger partial charge in [0.2, 0.25) is 5.91 Å². The van der Waals surface area contributed by atoms with Gasteiger partial charge in [0.1, 0.15) is 6.10 Å². The summed E-state index contributed by atoms with van der Waals surface area (Å²) in [6, 6.07) is 13.5. The number of aliphatic hydroxyl groups excluding tert-OH is 1. The van der Waals surface area contributed by atoms with E-state index in [9.17, 15) is 14.7 Å². The number of benzene rings is 2. The van der Waals surface area contributed by atoms with Crippen LogP contribution >= 0.6 is 0 Å². The molecule has 0 unspecified atom stereocenters. The van der Waals surface area contributed by atoms with Crippen LogP contribution in [0.4, 0.5) is 0 Å². The number of carbonyl (C=O) groups is 2. The van der Waals surface area contributed by atoms with Gasteiger partial charge < -0.3 is 15.2 Å². The Labute approximate surface area is 197 Å². The van der Waals surface area contributed by atoms with E-state index in [4.69, 9.17) is 4.74 Å². The highest BCUT2D eigenvalue weighted by molar-refractivity contribution is 5.82. The summed E-state index contributed by atoms with van der Waals surface area (Å²) in [5, 5.41) is 12.8. The summed E-state index contributed by atoms with van der Waals surface area (Å²) >= 11 is 0. The maximum absolute atomic E-state index is 12.5. The van der Waals surface area contributed by atoms with E-state index < -0.39 is 24.0 Å². The van der Waals surface area contributed by atoms with Crippen LogP contribution in [0.15, 0.2) is 67.8 Å². The van der Waals surface area contributed by atoms with Gasteiger partial charge in [0.05, 0.1) is 19.6 Å². The monoisotopic (exact) mass is 449 g/mol. The summed E-state index contributed by atoms with van der Waals surface area (Å²) < 4.78 is 4.83. The van der Waals surface area contributed by atoms with Crippen LogP contribution in [-0.4, -0.2) is 30.2 Å². The quantitative estimate of drug-likeness (QED) is 0.250. The van der Waals surface area contributed by atoms with Gasteiger partial charge in [0.15, 0.2) is 0 Å². The van der Waals surface area contributed by atoms with E-state index in [0.29, 0.717) is 0 Å². The second-order valence-corrected chi connectivity index (χ2v) is 8.15. The molecule has 176 valence electrons. The molecule has 0 aliphatic rings. The standard InChI is InChI=1S/C28H35NO4/c1-5-7-8-9-14-21-15-10-13-20(3)27(21)23-17-11-16-22(18-23)24(19-26(31)33-4)29-28(32)25(30)12-6-2/h5-6,10-11,13,15-18,24-25,30H,1-2,7-9,12,14,19H2,3-4H3,(H,29,32)/t24-,25+/m0/s1. The van der Waals surface area contributed by atoms with Crippen molar-refractivity contribution >= 4 is 11.9 Å². The lowest BCUT2D eigenvalue weighted by molar-refractivity contribution is -0.141. The zero-order valence-corrected chi connectivity index (χ0v) is 19.7. The molecular weight excluding hydrogens is 414 g/mol. The average molecular weight is 450 g/mol. The van der Waals surface area contributed by atoms with Crippen molar-refractivity contribution in [1.82, 2.24) is 5.32 Å². The molecule has 0 aliphatic heterocycles. The first-order valence-electron chi connectivity index (χ1n) is 11.4. The van der Waals surface area contributed by atoms with Gasteiger partial charge in [-0.3, -0.25) is 9.59 Å². The number of ether oxygens (including phenoxy) is 1. The fourth-order valence-corrected chi connectivity index (χ4v) is 3.90. The van der Waals surface area contributed by atoms with Crippen LogP contribution in [0.25, 0.3) is 11.1 Å². The first kappa shape index (κ1) is 26.1. The number of hydrogen-bond acceptors (Lipinski definition) is 4. The third-order valence-electron chi connectivity index (χ3n) is 5.65. The molecule has 5 heteroatoms. The van der Waals surface area contributed by atoms with Crippen molar-refractivity contribution in [2.75, 3.05) is 7.11 Å². The first-order valence-corrected chi connectivity index (χ1v) is 11.4. The Morgan fingerprint density at radius 2 is 1.88 bits per heavy atom. The van der Waals surface area contributed by atoms with Crippen LogP contribution in [0.2, 0.25) is 0 Å². The lowest BCUT2D eigenvalue weighted by Gasteiger charge is -2.21. The minimum absolute atomic E-state index is 0.0331. The van der Waals surface area contributed by atoms with Gasteiger partial charge in [0, 0.05) is 6.42 Å². The molecule has 2 aromatic rings. The Bertz CT molecular complexity index is 966. The molecule has 2 aromatic carbocycles. The van der Waals surface area contributed by atoms with Crippen LogP contribution in [0.3, 0.4) is 0 Å². The molecule has 2 rings (SSSR count). The Morgan fingerprint density at radius 3 is 2.58 bits per heavy atom. The van der Waals surface area contributed by atoms with Crippen LogP contribution in [0, 0.1) is 6.92 Å². The number of aliphatic hydroxyl groups is 1. The van der Waals surface area contributed by atoms with E-state index >= 15 is 0 Å². The molecule has 0 fully saturated rings. The Balaban J connectivity index is 2.38. The van der Waals surface area contributed by atoms with E-state index in [1.54, 1.807) is 0 Å². The van der Waals surface area contributed by atoms with E-state index in [-0.39, 0.29) is 12.8 Å². The van der Waals surface area contributed by atoms with Crippen LogP contribution in [0.5, 0.6) is 0 Å². The van der Waals surface area contributed by atoms with Crippen molar-refractivity contribution in [3.05, 3.63) is 84.5 Å². The third-order valence-corrected chi connectivity index (χ3v) is 5.65. The van der Waals surface area contributed by atoms with Gasteiger partial charge in [-0.25, -0.2) is 0 Å². The topological polar surface area (TPSA) is 75.6 Å². The van der Waals surface area contributed by atoms with E-state index in [1.165, 1.54) is 29.9 Å². The van der Waals surface area contributed by atoms with Crippen molar-refractivity contribution in [1.29, 1.82) is 0 Å². The molecule has 33 heavy (non-hydrogen) atoms. The fraction of sp³-hybridized carbons (Fsp3) is 0.357. The normalized spacial score (nSPS) is 12.5. The van der Waals surface area contributed by atoms with Crippen LogP contribution < -0.4 is 5.32 Å². The predicted octanol–water partition coefficient (Wildman–Crippen LogP) is 5.22. The first-order chi connectivity index (χ1) is 15.9. The number of esters is 1. The highest BCUT2D eigenvalue weighted by Gasteiger charge is 2.23. The molecule has 0 aliphatic carbocycles. The maximum atomic E-state index is 12.5. The van der Waals surface area contributed by atoms with E-state index in [0.717, 1.165) is 36.8 Å². The van der Waals surface area contributed by atoms with E-state index in [1.807, 2.05) is 30.3 Å². The number of amides is 1. The summed E-state index contributed by atoms with van der Waals surface area (Å²) in [5.74, 6) is -0.990. The fourth-order valence-electron chi connectivity index (χ4n) is 3.90. The smallest absolute Gasteiger partial charge is 0.307 e. The summed E-state index contributed by atoms with van der Waals surface area (Å²) in [4.78, 5) is 24.5.